The molecule has 0 aromatic heterocycles. The van der Waals surface area contributed by atoms with E-state index in [1.165, 1.54) is 0 Å². The molecule has 0 aliphatic carbocycles. The van der Waals surface area contributed by atoms with Gasteiger partial charge in [0.05, 0.1) is 6.26 Å². The molecular formula is C29H39NO5S2. The van der Waals surface area contributed by atoms with Crippen molar-refractivity contribution >= 4 is 26.1 Å². The Hall–Kier alpha value is -2.68. The molecule has 0 aliphatic heterocycles. The molecule has 6 nitrogen and oxygen atoms in total. The van der Waals surface area contributed by atoms with Crippen LogP contribution in [0.3, 0.4) is 0 Å². The molecular weight excluding hydrogens is 506 g/mol. The molecule has 3 aromatic carbocycles. The average Bonchev–Trinajstić information content (AvgIpc) is 2.75. The molecule has 8 heteroatoms. The first-order chi connectivity index (χ1) is 17.0. The minimum Gasteiger partial charge on any atom is -0.488 e. The minimum absolute atomic E-state index is 0.428. The SMILES string of the molecule is CN(C)c1ccc(S(OS(C)(=O)=O)(c2cccc(OC(C)(C)C)c2)c2cccc(OC(C)(C)C)c2)cc1. The van der Waals surface area contributed by atoms with Crippen molar-refractivity contribution in [3.8, 4) is 11.5 Å². The molecule has 0 heterocycles. The van der Waals surface area contributed by atoms with Crippen molar-refractivity contribution in [2.45, 2.75) is 67.4 Å². The summed E-state index contributed by atoms with van der Waals surface area (Å²) in [6.07, 6.45) is 1.09. The second kappa shape index (κ2) is 10.6. The van der Waals surface area contributed by atoms with E-state index in [2.05, 4.69) is 0 Å². The van der Waals surface area contributed by atoms with Gasteiger partial charge >= 0.3 is 0 Å². The van der Waals surface area contributed by atoms with Gasteiger partial charge < -0.3 is 14.4 Å². The van der Waals surface area contributed by atoms with Crippen molar-refractivity contribution < 1.29 is 21.5 Å². The van der Waals surface area contributed by atoms with Gasteiger partial charge in [0.15, 0.2) is 0 Å². The van der Waals surface area contributed by atoms with Crippen LogP contribution in [0.1, 0.15) is 41.5 Å². The highest BCUT2D eigenvalue weighted by atomic mass is 32.3. The lowest BCUT2D eigenvalue weighted by atomic mass is 10.2. The molecule has 37 heavy (non-hydrogen) atoms. The lowest BCUT2D eigenvalue weighted by Gasteiger charge is -2.39. The Morgan fingerprint density at radius 1 is 0.649 bits per heavy atom. The molecule has 0 bridgehead atoms. The summed E-state index contributed by atoms with van der Waals surface area (Å²) in [6, 6.07) is 22.8. The number of rotatable bonds is 8. The fourth-order valence-corrected chi connectivity index (χ4v) is 8.65. The van der Waals surface area contributed by atoms with Crippen molar-refractivity contribution in [2.75, 3.05) is 25.3 Å². The number of hydrogen-bond acceptors (Lipinski definition) is 6. The maximum Gasteiger partial charge on any atom is 0.274 e. The van der Waals surface area contributed by atoms with Gasteiger partial charge in [-0.2, -0.15) is 8.42 Å². The van der Waals surface area contributed by atoms with E-state index in [-0.39, 0.29) is 0 Å². The van der Waals surface area contributed by atoms with Crippen LogP contribution < -0.4 is 14.4 Å². The fraction of sp³-hybridized carbons (Fsp3) is 0.379. The van der Waals surface area contributed by atoms with E-state index < -0.39 is 31.6 Å². The van der Waals surface area contributed by atoms with Gasteiger partial charge in [-0.15, -0.1) is 0 Å². The average molecular weight is 546 g/mol. The van der Waals surface area contributed by atoms with Crippen LogP contribution in [0.25, 0.3) is 0 Å². The molecule has 0 radical (unpaired) electrons. The second-order valence-corrected chi connectivity index (χ2v) is 15.6. The van der Waals surface area contributed by atoms with Gasteiger partial charge in [0.2, 0.25) is 0 Å². The smallest absolute Gasteiger partial charge is 0.274 e. The number of hydrogen-bond donors (Lipinski definition) is 0. The van der Waals surface area contributed by atoms with Crippen molar-refractivity contribution in [3.63, 3.8) is 0 Å². The summed E-state index contributed by atoms with van der Waals surface area (Å²) < 4.78 is 44.3. The summed E-state index contributed by atoms with van der Waals surface area (Å²) >= 11 is 0. The Morgan fingerprint density at radius 2 is 1.08 bits per heavy atom. The Balaban J connectivity index is 2.37. The van der Waals surface area contributed by atoms with E-state index in [4.69, 9.17) is 13.1 Å². The van der Waals surface area contributed by atoms with Gasteiger partial charge in [-0.25, -0.2) is 3.63 Å². The molecule has 202 valence electrons. The van der Waals surface area contributed by atoms with Crippen molar-refractivity contribution in [2.24, 2.45) is 0 Å². The lowest BCUT2D eigenvalue weighted by Crippen LogP contribution is -2.23. The highest BCUT2D eigenvalue weighted by molar-refractivity contribution is 8.33. The van der Waals surface area contributed by atoms with Gasteiger partial charge in [0.1, 0.15) is 22.7 Å². The van der Waals surface area contributed by atoms with Crippen LogP contribution in [0.4, 0.5) is 5.69 Å². The zero-order chi connectivity index (χ0) is 27.6. The van der Waals surface area contributed by atoms with E-state index in [0.717, 1.165) is 16.8 Å². The monoisotopic (exact) mass is 545 g/mol. The van der Waals surface area contributed by atoms with E-state index in [1.54, 1.807) is 0 Å². The third kappa shape index (κ3) is 7.66. The topological polar surface area (TPSA) is 65.1 Å². The molecule has 0 atom stereocenters. The first-order valence-electron chi connectivity index (χ1n) is 12.1. The van der Waals surface area contributed by atoms with E-state index in [9.17, 15) is 8.42 Å². The largest absolute Gasteiger partial charge is 0.488 e. The van der Waals surface area contributed by atoms with Crippen LogP contribution in [-0.4, -0.2) is 40.0 Å². The fourth-order valence-electron chi connectivity index (χ4n) is 3.79. The molecule has 3 aromatic rings. The molecule has 0 fully saturated rings. The summed E-state index contributed by atoms with van der Waals surface area (Å²) in [7, 11) is -2.74. The Labute approximate surface area is 224 Å². The zero-order valence-corrected chi connectivity index (χ0v) is 24.9. The summed E-state index contributed by atoms with van der Waals surface area (Å²) in [4.78, 5) is 4.13. The number of nitrogens with zero attached hydrogens (tertiary/aromatic N) is 1. The Morgan fingerprint density at radius 3 is 1.43 bits per heavy atom. The maximum atomic E-state index is 12.9. The predicted molar refractivity (Wildman–Crippen MR) is 153 cm³/mol. The number of benzene rings is 3. The van der Waals surface area contributed by atoms with E-state index in [0.29, 0.717) is 21.3 Å². The first-order valence-corrected chi connectivity index (χ1v) is 15.5. The van der Waals surface area contributed by atoms with Crippen LogP contribution in [0.15, 0.2) is 87.5 Å². The molecule has 0 unspecified atom stereocenters. The number of anilines is 1. The molecule has 0 saturated heterocycles. The second-order valence-electron chi connectivity index (χ2n) is 11.1. The quantitative estimate of drug-likeness (QED) is 0.296. The van der Waals surface area contributed by atoms with Crippen molar-refractivity contribution in [1.82, 2.24) is 0 Å². The van der Waals surface area contributed by atoms with Crippen LogP contribution in [0.5, 0.6) is 11.5 Å². The Kier molecular flexibility index (Phi) is 8.27. The zero-order valence-electron chi connectivity index (χ0n) is 23.2. The first kappa shape index (κ1) is 28.9. The summed E-state index contributed by atoms with van der Waals surface area (Å²) in [5.74, 6) is 1.26. The molecule has 0 spiro atoms. The van der Waals surface area contributed by atoms with Crippen molar-refractivity contribution in [1.29, 1.82) is 0 Å². The number of ether oxygens (including phenoxy) is 2. The molecule has 0 aliphatic rings. The van der Waals surface area contributed by atoms with Gasteiger partial charge in [0, 0.05) is 34.5 Å². The minimum atomic E-state index is -3.90. The standard InChI is InChI=1S/C29H39NO5S2/c1-28(2,3)33-23-12-10-14-26(20-23)37(35-36(9,31)32,25-18-16-22(17-19-25)30(7)8)27-15-11-13-24(21-27)34-29(4,5)6/h10-21H,1-9H3. The summed E-state index contributed by atoms with van der Waals surface area (Å²) in [6.45, 7) is 11.8. The third-order valence-corrected chi connectivity index (χ3v) is 9.61. The highest BCUT2D eigenvalue weighted by Crippen LogP contribution is 2.70. The molecule has 3 rings (SSSR count). The lowest BCUT2D eigenvalue weighted by molar-refractivity contribution is 0.130. The third-order valence-electron chi connectivity index (χ3n) is 5.03. The normalized spacial score (nSPS) is 13.2. The van der Waals surface area contributed by atoms with Crippen LogP contribution >= 0.6 is 10.3 Å². The van der Waals surface area contributed by atoms with E-state index in [1.807, 2.05) is 133 Å². The highest BCUT2D eigenvalue weighted by Gasteiger charge is 2.37. The molecule has 0 saturated carbocycles. The van der Waals surface area contributed by atoms with Crippen molar-refractivity contribution in [3.05, 3.63) is 72.8 Å². The van der Waals surface area contributed by atoms with Gasteiger partial charge in [-0.1, -0.05) is 12.1 Å². The molecule has 0 N–H and O–H groups in total. The maximum absolute atomic E-state index is 12.9. The van der Waals surface area contributed by atoms with Gasteiger partial charge in [0.25, 0.3) is 10.1 Å². The van der Waals surface area contributed by atoms with Crippen LogP contribution in [0, 0.1) is 0 Å². The van der Waals surface area contributed by atoms with Crippen LogP contribution in [0.2, 0.25) is 0 Å². The van der Waals surface area contributed by atoms with Crippen LogP contribution in [-0.2, 0) is 13.7 Å². The van der Waals surface area contributed by atoms with E-state index >= 15 is 0 Å². The van der Waals surface area contributed by atoms with Gasteiger partial charge in [-0.05, 0) is 113 Å². The predicted octanol–water partition coefficient (Wildman–Crippen LogP) is 7.28. The summed E-state index contributed by atoms with van der Waals surface area (Å²) in [5, 5.41) is 0. The molecule has 0 amide bonds. The van der Waals surface area contributed by atoms with Gasteiger partial charge in [-0.3, -0.25) is 0 Å². The summed E-state index contributed by atoms with van der Waals surface area (Å²) in [5.41, 5.74) is 0.135. The Bertz CT molecular complexity index is 1260.